The third kappa shape index (κ3) is 3.08. The van der Waals surface area contributed by atoms with E-state index in [1.807, 2.05) is 11.3 Å². The molecule has 0 unspecified atom stereocenters. The Labute approximate surface area is 109 Å². The lowest BCUT2D eigenvalue weighted by atomic mass is 10.1. The van der Waals surface area contributed by atoms with Crippen LogP contribution in [0.25, 0.3) is 0 Å². The maximum absolute atomic E-state index is 4.92. The maximum atomic E-state index is 4.92. The van der Waals surface area contributed by atoms with Gasteiger partial charge in [0.15, 0.2) is 0 Å². The van der Waals surface area contributed by atoms with E-state index in [0.29, 0.717) is 11.3 Å². The molecule has 1 aliphatic carbocycles. The third-order valence-corrected chi connectivity index (χ3v) is 4.84. The molecule has 2 nitrogen and oxygen atoms in total. The predicted molar refractivity (Wildman–Crippen MR) is 74.6 cm³/mol. The topological polar surface area (TPSA) is 24.9 Å². The molecular formula is C14H24N2S. The van der Waals surface area contributed by atoms with Crippen LogP contribution in [0, 0.1) is 5.92 Å². The van der Waals surface area contributed by atoms with E-state index >= 15 is 0 Å². The fourth-order valence-electron chi connectivity index (χ4n) is 1.97. The van der Waals surface area contributed by atoms with Gasteiger partial charge in [0, 0.05) is 16.8 Å². The summed E-state index contributed by atoms with van der Waals surface area (Å²) in [6, 6.07) is 0. The van der Waals surface area contributed by atoms with Crippen molar-refractivity contribution in [3.05, 3.63) is 15.6 Å². The van der Waals surface area contributed by atoms with Crippen LogP contribution in [-0.4, -0.2) is 11.5 Å². The molecule has 0 atom stereocenters. The molecule has 0 saturated heterocycles. The van der Waals surface area contributed by atoms with Crippen LogP contribution in [0.1, 0.15) is 56.1 Å². The van der Waals surface area contributed by atoms with Crippen LogP contribution in [0.3, 0.4) is 0 Å². The lowest BCUT2D eigenvalue weighted by Crippen LogP contribution is -2.12. The number of nitrogens with one attached hydrogen (secondary N) is 1. The smallest absolute Gasteiger partial charge is 0.0990 e. The normalized spacial score (nSPS) is 17.7. The monoisotopic (exact) mass is 252 g/mol. The molecule has 1 saturated carbocycles. The molecule has 0 aromatic carbocycles. The number of hydrogen-bond acceptors (Lipinski definition) is 3. The molecule has 96 valence electrons. The second-order valence-electron chi connectivity index (χ2n) is 5.83. The number of thiazole rings is 1. The molecule has 1 aliphatic rings. The first-order valence-electron chi connectivity index (χ1n) is 6.75. The van der Waals surface area contributed by atoms with Crippen LogP contribution >= 0.6 is 11.3 Å². The Kier molecular flexibility index (Phi) is 3.88. The summed E-state index contributed by atoms with van der Waals surface area (Å²) in [5.41, 5.74) is 1.76. The molecule has 0 bridgehead atoms. The minimum Gasteiger partial charge on any atom is -0.312 e. The highest BCUT2D eigenvalue weighted by atomic mass is 32.1. The highest BCUT2D eigenvalue weighted by Crippen LogP contribution is 2.49. The summed E-state index contributed by atoms with van der Waals surface area (Å²) < 4.78 is 0. The molecule has 0 aliphatic heterocycles. The van der Waals surface area contributed by atoms with Crippen molar-refractivity contribution in [2.24, 2.45) is 5.92 Å². The van der Waals surface area contributed by atoms with Gasteiger partial charge < -0.3 is 5.32 Å². The molecule has 2 rings (SSSR count). The number of aromatic nitrogens is 1. The average molecular weight is 252 g/mol. The Hall–Kier alpha value is -0.410. The second kappa shape index (κ2) is 5.07. The average Bonchev–Trinajstić information content (AvgIpc) is 2.88. The van der Waals surface area contributed by atoms with Crippen LogP contribution in [0.5, 0.6) is 0 Å². The van der Waals surface area contributed by atoms with Gasteiger partial charge in [-0.05, 0) is 31.7 Å². The highest BCUT2D eigenvalue weighted by Gasteiger charge is 2.42. The van der Waals surface area contributed by atoms with Gasteiger partial charge in [0.05, 0.1) is 10.7 Å². The van der Waals surface area contributed by atoms with Gasteiger partial charge in [0.25, 0.3) is 0 Å². The largest absolute Gasteiger partial charge is 0.312 e. The van der Waals surface area contributed by atoms with Gasteiger partial charge in [-0.2, -0.15) is 0 Å². The Balaban J connectivity index is 2.17. The molecule has 1 aromatic heterocycles. The Bertz CT molecular complexity index is 378. The fourth-order valence-corrected chi connectivity index (χ4v) is 3.23. The summed E-state index contributed by atoms with van der Waals surface area (Å²) in [5, 5.41) is 4.81. The van der Waals surface area contributed by atoms with E-state index in [2.05, 4.69) is 33.0 Å². The van der Waals surface area contributed by atoms with E-state index in [9.17, 15) is 0 Å². The molecule has 1 fully saturated rings. The summed E-state index contributed by atoms with van der Waals surface area (Å²) >= 11 is 1.94. The first kappa shape index (κ1) is 13.0. The van der Waals surface area contributed by atoms with E-state index < -0.39 is 0 Å². The molecule has 1 N–H and O–H groups in total. The zero-order chi connectivity index (χ0) is 12.5. The second-order valence-corrected chi connectivity index (χ2v) is 6.91. The van der Waals surface area contributed by atoms with Crippen LogP contribution in [-0.2, 0) is 18.4 Å². The molecular weight excluding hydrogens is 228 g/mol. The third-order valence-electron chi connectivity index (χ3n) is 3.43. The van der Waals surface area contributed by atoms with Crippen LogP contribution in [0.2, 0.25) is 0 Å². The summed E-state index contributed by atoms with van der Waals surface area (Å²) in [5.74, 6) is 0.692. The molecule has 0 amide bonds. The molecule has 3 heteroatoms. The van der Waals surface area contributed by atoms with Gasteiger partial charge in [0.1, 0.15) is 0 Å². The molecule has 0 spiro atoms. The number of rotatable bonds is 6. The van der Waals surface area contributed by atoms with Crippen molar-refractivity contribution in [2.75, 3.05) is 6.54 Å². The molecule has 17 heavy (non-hydrogen) atoms. The SMILES string of the molecule is CCNCc1sc(C2(C)CC2)nc1CC(C)C. The van der Waals surface area contributed by atoms with Crippen molar-refractivity contribution in [3.8, 4) is 0 Å². The van der Waals surface area contributed by atoms with Crippen molar-refractivity contribution in [3.63, 3.8) is 0 Å². The van der Waals surface area contributed by atoms with Crippen LogP contribution < -0.4 is 5.32 Å². The zero-order valence-electron chi connectivity index (χ0n) is 11.5. The van der Waals surface area contributed by atoms with E-state index in [1.165, 1.54) is 28.4 Å². The van der Waals surface area contributed by atoms with Crippen molar-refractivity contribution in [2.45, 2.75) is 58.9 Å². The van der Waals surface area contributed by atoms with E-state index in [1.54, 1.807) is 0 Å². The van der Waals surface area contributed by atoms with E-state index in [4.69, 9.17) is 4.98 Å². The van der Waals surface area contributed by atoms with Crippen molar-refractivity contribution in [1.29, 1.82) is 0 Å². The first-order chi connectivity index (χ1) is 8.05. The van der Waals surface area contributed by atoms with Gasteiger partial charge in [0.2, 0.25) is 0 Å². The number of hydrogen-bond donors (Lipinski definition) is 1. The minimum absolute atomic E-state index is 0.418. The van der Waals surface area contributed by atoms with Gasteiger partial charge in [-0.15, -0.1) is 11.3 Å². The van der Waals surface area contributed by atoms with Crippen molar-refractivity contribution < 1.29 is 0 Å². The molecule has 1 aromatic rings. The maximum Gasteiger partial charge on any atom is 0.0990 e. The summed E-state index contributed by atoms with van der Waals surface area (Å²) in [6.07, 6.45) is 3.76. The van der Waals surface area contributed by atoms with Gasteiger partial charge >= 0.3 is 0 Å². The quantitative estimate of drug-likeness (QED) is 0.838. The van der Waals surface area contributed by atoms with Crippen molar-refractivity contribution in [1.82, 2.24) is 10.3 Å². The lowest BCUT2D eigenvalue weighted by Gasteiger charge is -2.05. The Morgan fingerprint density at radius 1 is 1.41 bits per heavy atom. The zero-order valence-corrected chi connectivity index (χ0v) is 12.3. The van der Waals surface area contributed by atoms with Crippen molar-refractivity contribution >= 4 is 11.3 Å². The molecule has 1 heterocycles. The van der Waals surface area contributed by atoms with Gasteiger partial charge in [-0.1, -0.05) is 27.7 Å². The van der Waals surface area contributed by atoms with Gasteiger partial charge in [-0.3, -0.25) is 0 Å². The Morgan fingerprint density at radius 3 is 2.65 bits per heavy atom. The van der Waals surface area contributed by atoms with E-state index in [0.717, 1.165) is 19.5 Å². The summed E-state index contributed by atoms with van der Waals surface area (Å²) in [4.78, 5) is 6.38. The fraction of sp³-hybridized carbons (Fsp3) is 0.786. The van der Waals surface area contributed by atoms with Crippen LogP contribution in [0.15, 0.2) is 0 Å². The first-order valence-corrected chi connectivity index (χ1v) is 7.56. The minimum atomic E-state index is 0.418. The molecule has 0 radical (unpaired) electrons. The Morgan fingerprint density at radius 2 is 2.12 bits per heavy atom. The number of nitrogens with zero attached hydrogens (tertiary/aromatic N) is 1. The van der Waals surface area contributed by atoms with Gasteiger partial charge in [-0.25, -0.2) is 4.98 Å². The lowest BCUT2D eigenvalue weighted by molar-refractivity contribution is 0.623. The predicted octanol–water partition coefficient (Wildman–Crippen LogP) is 3.50. The summed E-state index contributed by atoms with van der Waals surface area (Å²) in [6.45, 7) is 11.1. The van der Waals surface area contributed by atoms with Crippen LogP contribution in [0.4, 0.5) is 0 Å². The highest BCUT2D eigenvalue weighted by molar-refractivity contribution is 7.12. The standard InChI is InChI=1S/C14H24N2S/c1-5-15-9-12-11(8-10(2)3)16-13(17-12)14(4)6-7-14/h10,15H,5-9H2,1-4H3. The van der Waals surface area contributed by atoms with E-state index in [-0.39, 0.29) is 0 Å². The summed E-state index contributed by atoms with van der Waals surface area (Å²) in [7, 11) is 0.